The third-order valence-electron chi connectivity index (χ3n) is 4.75. The average molecular weight is 404 g/mol. The number of thiophene rings is 1. The molecule has 1 aliphatic rings. The van der Waals surface area contributed by atoms with E-state index in [-0.39, 0.29) is 53.7 Å². The van der Waals surface area contributed by atoms with Gasteiger partial charge in [0.1, 0.15) is 11.3 Å². The number of carbonyl (C=O) groups is 3. The van der Waals surface area contributed by atoms with Gasteiger partial charge in [-0.1, -0.05) is 6.07 Å². The van der Waals surface area contributed by atoms with Crippen LogP contribution in [0, 0.1) is 6.92 Å². The van der Waals surface area contributed by atoms with E-state index in [1.807, 2.05) is 11.4 Å². The molecule has 0 bridgehead atoms. The summed E-state index contributed by atoms with van der Waals surface area (Å²) in [4.78, 5) is 40.3. The zero-order valence-electron chi connectivity index (χ0n) is 16.2. The Morgan fingerprint density at radius 2 is 2.14 bits per heavy atom. The summed E-state index contributed by atoms with van der Waals surface area (Å²) < 4.78 is 10.6. The highest BCUT2D eigenvalue weighted by molar-refractivity contribution is 7.10. The van der Waals surface area contributed by atoms with Crippen molar-refractivity contribution in [1.29, 1.82) is 0 Å². The van der Waals surface area contributed by atoms with Crippen molar-refractivity contribution in [2.24, 2.45) is 0 Å². The van der Waals surface area contributed by atoms with Gasteiger partial charge in [0, 0.05) is 10.9 Å². The molecule has 1 saturated heterocycles. The van der Waals surface area contributed by atoms with Gasteiger partial charge < -0.3 is 9.15 Å². The standard InChI is InChI=1S/C20H24N2O5S/c1-4-26-20(25)18-17(12(2)23)13(3)27-19(18)21-16(24)11-22-9-5-7-14(22)15-8-6-10-28-15/h6,8,10,14H,4-5,7,9,11H2,1-3H3,(H,21,24)/t14-/m0/s1. The summed E-state index contributed by atoms with van der Waals surface area (Å²) in [6.45, 7) is 5.78. The normalized spacial score (nSPS) is 16.9. The average Bonchev–Trinajstić information content (AvgIpc) is 3.34. The number of aryl methyl sites for hydroxylation is 1. The van der Waals surface area contributed by atoms with Gasteiger partial charge in [0.2, 0.25) is 11.8 Å². The lowest BCUT2D eigenvalue weighted by atomic mass is 10.1. The maximum Gasteiger partial charge on any atom is 0.344 e. The molecular weight excluding hydrogens is 380 g/mol. The highest BCUT2D eigenvalue weighted by Crippen LogP contribution is 2.34. The van der Waals surface area contributed by atoms with Crippen LogP contribution < -0.4 is 5.32 Å². The molecule has 1 N–H and O–H groups in total. The molecule has 0 aliphatic carbocycles. The Hall–Kier alpha value is -2.45. The van der Waals surface area contributed by atoms with Gasteiger partial charge in [-0.05, 0) is 51.6 Å². The van der Waals surface area contributed by atoms with Crippen molar-refractivity contribution in [3.05, 3.63) is 39.3 Å². The molecule has 0 aromatic carbocycles. The van der Waals surface area contributed by atoms with E-state index in [0.29, 0.717) is 0 Å². The molecule has 3 rings (SSSR count). The summed E-state index contributed by atoms with van der Waals surface area (Å²) in [5.41, 5.74) is 0.128. The predicted molar refractivity (Wildman–Crippen MR) is 106 cm³/mol. The third kappa shape index (κ3) is 4.18. The van der Waals surface area contributed by atoms with Crippen LogP contribution in [0.5, 0.6) is 0 Å². The Balaban J connectivity index is 1.77. The summed E-state index contributed by atoms with van der Waals surface area (Å²) in [6.07, 6.45) is 2.04. The maximum atomic E-state index is 12.7. The molecule has 0 saturated carbocycles. The fourth-order valence-corrected chi connectivity index (χ4v) is 4.52. The first-order valence-electron chi connectivity index (χ1n) is 9.31. The van der Waals surface area contributed by atoms with Crippen LogP contribution in [-0.2, 0) is 9.53 Å². The van der Waals surface area contributed by atoms with Crippen molar-refractivity contribution in [2.45, 2.75) is 39.7 Å². The number of hydrogen-bond acceptors (Lipinski definition) is 7. The second kappa shape index (κ2) is 8.70. The van der Waals surface area contributed by atoms with Crippen molar-refractivity contribution in [1.82, 2.24) is 4.90 Å². The van der Waals surface area contributed by atoms with Crippen LogP contribution in [0.4, 0.5) is 5.88 Å². The minimum absolute atomic E-state index is 0.0172. The van der Waals surface area contributed by atoms with Gasteiger partial charge in [0.25, 0.3) is 0 Å². The molecule has 150 valence electrons. The second-order valence-corrected chi connectivity index (χ2v) is 7.69. The van der Waals surface area contributed by atoms with Crippen molar-refractivity contribution in [3.63, 3.8) is 0 Å². The summed E-state index contributed by atoms with van der Waals surface area (Å²) in [6, 6.07) is 4.32. The van der Waals surface area contributed by atoms with Gasteiger partial charge in [-0.15, -0.1) is 11.3 Å². The lowest BCUT2D eigenvalue weighted by Gasteiger charge is -2.22. The van der Waals surface area contributed by atoms with Gasteiger partial charge in [-0.3, -0.25) is 19.8 Å². The van der Waals surface area contributed by atoms with E-state index in [1.54, 1.807) is 25.2 Å². The molecule has 2 aromatic rings. The van der Waals surface area contributed by atoms with E-state index in [1.165, 1.54) is 11.8 Å². The van der Waals surface area contributed by atoms with Crippen LogP contribution in [0.2, 0.25) is 0 Å². The highest BCUT2D eigenvalue weighted by atomic mass is 32.1. The van der Waals surface area contributed by atoms with E-state index in [4.69, 9.17) is 9.15 Å². The number of nitrogens with one attached hydrogen (secondary N) is 1. The Bertz CT molecular complexity index is 872. The van der Waals surface area contributed by atoms with Crippen molar-refractivity contribution < 1.29 is 23.5 Å². The minimum Gasteiger partial charge on any atom is -0.462 e. The number of ketones is 1. The van der Waals surface area contributed by atoms with Crippen LogP contribution in [0.15, 0.2) is 21.9 Å². The number of anilines is 1. The molecule has 1 amide bonds. The van der Waals surface area contributed by atoms with Crippen molar-refractivity contribution >= 4 is 34.9 Å². The van der Waals surface area contributed by atoms with Crippen molar-refractivity contribution in [2.75, 3.05) is 25.0 Å². The third-order valence-corrected chi connectivity index (χ3v) is 5.72. The van der Waals surface area contributed by atoms with Crippen LogP contribution in [0.1, 0.15) is 64.1 Å². The Labute approximate surface area is 167 Å². The molecule has 0 spiro atoms. The van der Waals surface area contributed by atoms with Crippen LogP contribution in [0.25, 0.3) is 0 Å². The Morgan fingerprint density at radius 1 is 1.36 bits per heavy atom. The molecule has 0 radical (unpaired) electrons. The molecule has 8 heteroatoms. The van der Waals surface area contributed by atoms with Gasteiger partial charge in [0.05, 0.1) is 18.7 Å². The first kappa shape index (κ1) is 20.3. The smallest absolute Gasteiger partial charge is 0.344 e. The summed E-state index contributed by atoms with van der Waals surface area (Å²) in [7, 11) is 0. The fourth-order valence-electron chi connectivity index (χ4n) is 3.62. The largest absolute Gasteiger partial charge is 0.462 e. The number of ether oxygens (including phenoxy) is 1. The molecule has 1 atom stereocenters. The van der Waals surface area contributed by atoms with Crippen LogP contribution in [-0.4, -0.2) is 42.3 Å². The van der Waals surface area contributed by atoms with Crippen LogP contribution in [0.3, 0.4) is 0 Å². The topological polar surface area (TPSA) is 88.8 Å². The van der Waals surface area contributed by atoms with E-state index >= 15 is 0 Å². The van der Waals surface area contributed by atoms with Gasteiger partial charge in [-0.25, -0.2) is 4.79 Å². The molecule has 1 fully saturated rings. The van der Waals surface area contributed by atoms with Crippen molar-refractivity contribution in [3.8, 4) is 0 Å². The fraction of sp³-hybridized carbons (Fsp3) is 0.450. The van der Waals surface area contributed by atoms with Crippen LogP contribution >= 0.6 is 11.3 Å². The minimum atomic E-state index is -0.683. The van der Waals surface area contributed by atoms with Gasteiger partial charge in [-0.2, -0.15) is 0 Å². The molecule has 28 heavy (non-hydrogen) atoms. The number of likely N-dealkylation sites (tertiary alicyclic amines) is 1. The first-order valence-corrected chi connectivity index (χ1v) is 10.2. The van der Waals surface area contributed by atoms with E-state index in [9.17, 15) is 14.4 Å². The number of furan rings is 1. The number of amides is 1. The van der Waals surface area contributed by atoms with E-state index < -0.39 is 5.97 Å². The summed E-state index contributed by atoms with van der Waals surface area (Å²) in [5, 5.41) is 4.70. The number of carbonyl (C=O) groups excluding carboxylic acids is 3. The summed E-state index contributed by atoms with van der Waals surface area (Å²) in [5.74, 6) is -1.04. The van der Waals surface area contributed by atoms with Gasteiger partial charge >= 0.3 is 5.97 Å². The Morgan fingerprint density at radius 3 is 2.79 bits per heavy atom. The second-order valence-electron chi connectivity index (χ2n) is 6.71. The highest BCUT2D eigenvalue weighted by Gasteiger charge is 2.31. The van der Waals surface area contributed by atoms with Gasteiger partial charge in [0.15, 0.2) is 5.78 Å². The zero-order valence-corrected chi connectivity index (χ0v) is 17.1. The van der Waals surface area contributed by atoms with E-state index in [2.05, 4.69) is 16.3 Å². The molecule has 0 unspecified atom stereocenters. The zero-order chi connectivity index (χ0) is 20.3. The molecule has 3 heterocycles. The number of rotatable bonds is 7. The first-order chi connectivity index (χ1) is 13.4. The predicted octanol–water partition coefficient (Wildman–Crippen LogP) is 3.80. The molecule has 2 aromatic heterocycles. The number of Topliss-reactive ketones (excluding diaryl/α,β-unsaturated/α-hetero) is 1. The SMILES string of the molecule is CCOC(=O)c1c(NC(=O)CN2CCC[C@H]2c2cccs2)oc(C)c1C(C)=O. The molecule has 7 nitrogen and oxygen atoms in total. The lowest BCUT2D eigenvalue weighted by Crippen LogP contribution is -2.33. The maximum absolute atomic E-state index is 12.7. The molecular formula is C20H24N2O5S. The number of hydrogen-bond donors (Lipinski definition) is 1. The monoisotopic (exact) mass is 404 g/mol. The summed E-state index contributed by atoms with van der Waals surface area (Å²) >= 11 is 1.68. The quantitative estimate of drug-likeness (QED) is 0.558. The van der Waals surface area contributed by atoms with E-state index in [0.717, 1.165) is 19.4 Å². The Kier molecular flexibility index (Phi) is 6.31. The number of esters is 1. The molecule has 1 aliphatic heterocycles. The lowest BCUT2D eigenvalue weighted by molar-refractivity contribution is -0.117. The number of nitrogens with zero attached hydrogens (tertiary/aromatic N) is 1.